The van der Waals surface area contributed by atoms with E-state index in [0.29, 0.717) is 5.02 Å². The number of methoxy groups -OCH3 is 1. The molecule has 1 aliphatic heterocycles. The minimum atomic E-state index is -0.0556. The Hall–Kier alpha value is -2.20. The van der Waals surface area contributed by atoms with Crippen LogP contribution in [0, 0.1) is 0 Å². The zero-order chi connectivity index (χ0) is 19.4. The third-order valence-electron chi connectivity index (χ3n) is 5.32. The number of urea groups is 1. The Morgan fingerprint density at radius 3 is 2.56 bits per heavy atom. The van der Waals surface area contributed by atoms with E-state index in [0.717, 1.165) is 60.4 Å². The number of hydrogen-bond acceptors (Lipinski definition) is 2. The van der Waals surface area contributed by atoms with E-state index in [-0.39, 0.29) is 12.1 Å². The lowest BCUT2D eigenvalue weighted by Crippen LogP contribution is -2.35. The molecule has 2 aromatic rings. The standard InChI is InChI=1S/C22H27ClN2O2/c1-4-15-10-13-19(23)18(5-2)21(15)24-22(26)25-14-6-7-20(25)16-8-11-17(27-3)12-9-16/h8-13,20H,4-7,14H2,1-3H3,(H,24,26). The van der Waals surface area contributed by atoms with Crippen LogP contribution in [0.3, 0.4) is 0 Å². The third-order valence-corrected chi connectivity index (χ3v) is 5.68. The molecule has 1 atom stereocenters. The van der Waals surface area contributed by atoms with Crippen LogP contribution in [0.4, 0.5) is 10.5 Å². The SMILES string of the molecule is CCc1ccc(Cl)c(CC)c1NC(=O)N1CCCC1c1ccc(OC)cc1. The summed E-state index contributed by atoms with van der Waals surface area (Å²) in [5.74, 6) is 0.826. The van der Waals surface area contributed by atoms with E-state index in [9.17, 15) is 4.79 Å². The van der Waals surface area contributed by atoms with Crippen molar-refractivity contribution in [3.8, 4) is 5.75 Å². The van der Waals surface area contributed by atoms with Crippen LogP contribution >= 0.6 is 11.6 Å². The fourth-order valence-electron chi connectivity index (χ4n) is 3.83. The Bertz CT molecular complexity index is 805. The smallest absolute Gasteiger partial charge is 0.322 e. The highest BCUT2D eigenvalue weighted by Gasteiger charge is 2.30. The summed E-state index contributed by atoms with van der Waals surface area (Å²) in [7, 11) is 1.66. The molecule has 1 heterocycles. The molecule has 5 heteroatoms. The van der Waals surface area contributed by atoms with Gasteiger partial charge in [0.05, 0.1) is 18.8 Å². The molecule has 2 amide bonds. The molecule has 0 spiro atoms. The van der Waals surface area contributed by atoms with Crippen LogP contribution in [0.25, 0.3) is 0 Å². The van der Waals surface area contributed by atoms with E-state index < -0.39 is 0 Å². The molecule has 3 rings (SSSR count). The van der Waals surface area contributed by atoms with Gasteiger partial charge in [-0.15, -0.1) is 0 Å². The van der Waals surface area contributed by atoms with Crippen LogP contribution < -0.4 is 10.1 Å². The minimum Gasteiger partial charge on any atom is -0.497 e. The first-order chi connectivity index (χ1) is 13.1. The van der Waals surface area contributed by atoms with Gasteiger partial charge in [0.15, 0.2) is 0 Å². The third kappa shape index (κ3) is 4.06. The van der Waals surface area contributed by atoms with Crippen molar-refractivity contribution in [1.82, 2.24) is 4.90 Å². The number of nitrogens with zero attached hydrogens (tertiary/aromatic N) is 1. The van der Waals surface area contributed by atoms with Gasteiger partial charge in [0, 0.05) is 11.6 Å². The zero-order valence-electron chi connectivity index (χ0n) is 16.2. The van der Waals surface area contributed by atoms with Crippen molar-refractivity contribution in [2.75, 3.05) is 19.0 Å². The Kier molecular flexibility index (Phi) is 6.27. The zero-order valence-corrected chi connectivity index (χ0v) is 17.0. The molecule has 1 N–H and O–H groups in total. The Morgan fingerprint density at radius 1 is 1.19 bits per heavy atom. The highest BCUT2D eigenvalue weighted by atomic mass is 35.5. The molecular weight excluding hydrogens is 360 g/mol. The van der Waals surface area contributed by atoms with Crippen LogP contribution in [0.5, 0.6) is 5.75 Å². The highest BCUT2D eigenvalue weighted by Crippen LogP contribution is 2.35. The van der Waals surface area contributed by atoms with E-state index in [1.807, 2.05) is 41.3 Å². The number of carbonyl (C=O) groups excluding carboxylic acids is 1. The van der Waals surface area contributed by atoms with Crippen LogP contribution in [0.15, 0.2) is 36.4 Å². The second-order valence-corrected chi connectivity index (χ2v) is 7.23. The van der Waals surface area contributed by atoms with Gasteiger partial charge < -0.3 is 15.0 Å². The number of halogens is 1. The second kappa shape index (κ2) is 8.66. The quantitative estimate of drug-likeness (QED) is 0.701. The number of hydrogen-bond donors (Lipinski definition) is 1. The summed E-state index contributed by atoms with van der Waals surface area (Å²) < 4.78 is 5.24. The van der Waals surface area contributed by atoms with E-state index in [4.69, 9.17) is 16.3 Å². The van der Waals surface area contributed by atoms with Crippen LogP contribution in [0.1, 0.15) is 49.4 Å². The topological polar surface area (TPSA) is 41.6 Å². The van der Waals surface area contributed by atoms with Gasteiger partial charge in [-0.25, -0.2) is 4.79 Å². The molecular formula is C22H27ClN2O2. The number of carbonyl (C=O) groups is 1. The number of ether oxygens (including phenoxy) is 1. The lowest BCUT2D eigenvalue weighted by Gasteiger charge is -2.27. The van der Waals surface area contributed by atoms with Gasteiger partial charge in [-0.3, -0.25) is 0 Å². The Balaban J connectivity index is 1.84. The molecule has 0 radical (unpaired) electrons. The maximum absolute atomic E-state index is 13.1. The monoisotopic (exact) mass is 386 g/mol. The molecule has 0 saturated carbocycles. The van der Waals surface area contributed by atoms with Gasteiger partial charge in [0.1, 0.15) is 5.75 Å². The number of anilines is 1. The molecule has 0 aliphatic carbocycles. The predicted octanol–water partition coefficient (Wildman–Crippen LogP) is 5.84. The van der Waals surface area contributed by atoms with Crippen molar-refractivity contribution in [2.45, 2.75) is 45.6 Å². The second-order valence-electron chi connectivity index (χ2n) is 6.82. The number of rotatable bonds is 5. The van der Waals surface area contributed by atoms with Gasteiger partial charge in [-0.2, -0.15) is 0 Å². The van der Waals surface area contributed by atoms with Crippen molar-refractivity contribution >= 4 is 23.3 Å². The number of amides is 2. The largest absolute Gasteiger partial charge is 0.497 e. The average Bonchev–Trinajstić information content (AvgIpc) is 3.18. The summed E-state index contributed by atoms with van der Waals surface area (Å²) in [6.45, 7) is 4.91. The molecule has 2 aromatic carbocycles. The Labute approximate surface area is 166 Å². The summed E-state index contributed by atoms with van der Waals surface area (Å²) >= 11 is 6.38. The minimum absolute atomic E-state index is 0.0556. The normalized spacial score (nSPS) is 16.4. The molecule has 144 valence electrons. The lowest BCUT2D eigenvalue weighted by atomic mass is 10.0. The molecule has 1 unspecified atom stereocenters. The van der Waals surface area contributed by atoms with Gasteiger partial charge in [0.25, 0.3) is 0 Å². The summed E-state index contributed by atoms with van der Waals surface area (Å²) in [5, 5.41) is 3.87. The molecule has 27 heavy (non-hydrogen) atoms. The van der Waals surface area contributed by atoms with Crippen molar-refractivity contribution in [2.24, 2.45) is 0 Å². The van der Waals surface area contributed by atoms with Gasteiger partial charge in [-0.1, -0.05) is 43.6 Å². The molecule has 1 fully saturated rings. The van der Waals surface area contributed by atoms with Gasteiger partial charge in [0.2, 0.25) is 0 Å². The molecule has 1 saturated heterocycles. The van der Waals surface area contributed by atoms with Gasteiger partial charge >= 0.3 is 6.03 Å². The molecule has 0 bridgehead atoms. The van der Waals surface area contributed by atoms with Crippen LogP contribution in [-0.2, 0) is 12.8 Å². The summed E-state index contributed by atoms with van der Waals surface area (Å²) in [5.41, 5.74) is 4.13. The maximum Gasteiger partial charge on any atom is 0.322 e. The number of benzene rings is 2. The fourth-order valence-corrected chi connectivity index (χ4v) is 4.12. The van der Waals surface area contributed by atoms with Crippen molar-refractivity contribution in [3.05, 3.63) is 58.1 Å². The van der Waals surface area contributed by atoms with E-state index in [2.05, 4.69) is 19.2 Å². The number of aryl methyl sites for hydroxylation is 1. The first-order valence-electron chi connectivity index (χ1n) is 9.60. The van der Waals surface area contributed by atoms with Gasteiger partial charge in [-0.05, 0) is 60.6 Å². The number of likely N-dealkylation sites (tertiary alicyclic amines) is 1. The lowest BCUT2D eigenvalue weighted by molar-refractivity contribution is 0.207. The van der Waals surface area contributed by atoms with E-state index in [1.165, 1.54) is 0 Å². The number of nitrogens with one attached hydrogen (secondary N) is 1. The van der Waals surface area contributed by atoms with Crippen molar-refractivity contribution in [1.29, 1.82) is 0 Å². The maximum atomic E-state index is 13.1. The van der Waals surface area contributed by atoms with Crippen molar-refractivity contribution in [3.63, 3.8) is 0 Å². The van der Waals surface area contributed by atoms with Crippen molar-refractivity contribution < 1.29 is 9.53 Å². The molecule has 4 nitrogen and oxygen atoms in total. The van der Waals surface area contributed by atoms with E-state index >= 15 is 0 Å². The Morgan fingerprint density at radius 2 is 1.93 bits per heavy atom. The summed E-state index contributed by atoms with van der Waals surface area (Å²) in [4.78, 5) is 15.0. The predicted molar refractivity (Wildman–Crippen MR) is 111 cm³/mol. The fraction of sp³-hybridized carbons (Fsp3) is 0.409. The van der Waals surface area contributed by atoms with Crippen LogP contribution in [0.2, 0.25) is 5.02 Å². The molecule has 1 aliphatic rings. The summed E-state index contributed by atoms with van der Waals surface area (Å²) in [6.07, 6.45) is 3.60. The van der Waals surface area contributed by atoms with Crippen LogP contribution in [-0.4, -0.2) is 24.6 Å². The first-order valence-corrected chi connectivity index (χ1v) is 9.98. The highest BCUT2D eigenvalue weighted by molar-refractivity contribution is 6.32. The summed E-state index contributed by atoms with van der Waals surface area (Å²) in [6, 6.07) is 11.9. The van der Waals surface area contributed by atoms with E-state index in [1.54, 1.807) is 7.11 Å². The molecule has 0 aromatic heterocycles. The first kappa shape index (κ1) is 19.6. The average molecular weight is 387 g/mol.